The van der Waals surface area contributed by atoms with Crippen molar-refractivity contribution >= 4 is 21.9 Å². The van der Waals surface area contributed by atoms with E-state index in [0.717, 1.165) is 34.2 Å². The molecular weight excluding hydrogens is 416 g/mol. The second-order valence-electron chi connectivity index (χ2n) is 7.12. The molecule has 0 saturated heterocycles. The van der Waals surface area contributed by atoms with Gasteiger partial charge in [-0.1, -0.05) is 64.5 Å². The maximum absolute atomic E-state index is 11.4. The molecule has 1 aliphatic carbocycles. The number of benzene rings is 3. The molecule has 0 amide bonds. The molecule has 28 heavy (non-hydrogen) atoms. The van der Waals surface area contributed by atoms with Gasteiger partial charge in [0.25, 0.3) is 0 Å². The Labute approximate surface area is 173 Å². The van der Waals surface area contributed by atoms with Crippen molar-refractivity contribution in [1.29, 1.82) is 0 Å². The lowest BCUT2D eigenvalue weighted by Gasteiger charge is -2.18. The van der Waals surface area contributed by atoms with Crippen molar-refractivity contribution in [3.05, 3.63) is 99.5 Å². The molecule has 1 aliphatic rings. The van der Waals surface area contributed by atoms with E-state index in [0.29, 0.717) is 0 Å². The largest absolute Gasteiger partial charge is 0.486 e. The lowest BCUT2D eigenvalue weighted by molar-refractivity contribution is -0.137. The SMILES string of the molecule is O=C(O)CC(c1ccccc1)c1ccc(OC2CCc3cc(Br)ccc32)cc1. The summed E-state index contributed by atoms with van der Waals surface area (Å²) < 4.78 is 7.33. The van der Waals surface area contributed by atoms with Crippen LogP contribution in [0.4, 0.5) is 0 Å². The summed E-state index contributed by atoms with van der Waals surface area (Å²) in [5, 5.41) is 9.34. The number of halogens is 1. The van der Waals surface area contributed by atoms with Crippen LogP contribution in [0.25, 0.3) is 0 Å². The summed E-state index contributed by atoms with van der Waals surface area (Å²) in [6, 6.07) is 24.0. The lowest BCUT2D eigenvalue weighted by Crippen LogP contribution is -2.08. The van der Waals surface area contributed by atoms with Crippen LogP contribution in [0.1, 0.15) is 47.1 Å². The maximum atomic E-state index is 11.4. The molecule has 4 rings (SSSR count). The molecule has 0 heterocycles. The number of rotatable bonds is 6. The average molecular weight is 437 g/mol. The molecule has 0 aromatic heterocycles. The van der Waals surface area contributed by atoms with E-state index in [9.17, 15) is 9.90 Å². The first kappa shape index (κ1) is 18.8. The predicted octanol–water partition coefficient (Wildman–Crippen LogP) is 6.12. The summed E-state index contributed by atoms with van der Waals surface area (Å²) in [5.74, 6) is -0.160. The molecule has 2 unspecified atom stereocenters. The second-order valence-corrected chi connectivity index (χ2v) is 8.03. The van der Waals surface area contributed by atoms with Gasteiger partial charge in [-0.25, -0.2) is 0 Å². The molecule has 0 spiro atoms. The van der Waals surface area contributed by atoms with Gasteiger partial charge >= 0.3 is 5.97 Å². The minimum Gasteiger partial charge on any atom is -0.486 e. The minimum absolute atomic E-state index is 0.0646. The average Bonchev–Trinajstić information content (AvgIpc) is 3.09. The van der Waals surface area contributed by atoms with Gasteiger partial charge in [-0.2, -0.15) is 0 Å². The van der Waals surface area contributed by atoms with Gasteiger partial charge in [-0.15, -0.1) is 0 Å². The maximum Gasteiger partial charge on any atom is 0.304 e. The summed E-state index contributed by atoms with van der Waals surface area (Å²) in [6.45, 7) is 0. The lowest BCUT2D eigenvalue weighted by atomic mass is 9.88. The second kappa shape index (κ2) is 8.19. The van der Waals surface area contributed by atoms with Gasteiger partial charge in [-0.3, -0.25) is 4.79 Å². The fraction of sp³-hybridized carbons (Fsp3) is 0.208. The van der Waals surface area contributed by atoms with Crippen molar-refractivity contribution in [2.24, 2.45) is 0 Å². The molecule has 1 N–H and O–H groups in total. The Hall–Kier alpha value is -2.59. The van der Waals surface area contributed by atoms with Gasteiger partial charge in [-0.05, 0) is 59.4 Å². The molecule has 2 atom stereocenters. The zero-order valence-corrected chi connectivity index (χ0v) is 16.9. The van der Waals surface area contributed by atoms with Crippen LogP contribution in [0, 0.1) is 0 Å². The third-order valence-corrected chi connectivity index (χ3v) is 5.76. The van der Waals surface area contributed by atoms with Gasteiger partial charge in [0.2, 0.25) is 0 Å². The Morgan fingerprint density at radius 3 is 2.46 bits per heavy atom. The van der Waals surface area contributed by atoms with Crippen LogP contribution in [0.2, 0.25) is 0 Å². The van der Waals surface area contributed by atoms with Crippen molar-refractivity contribution in [1.82, 2.24) is 0 Å². The molecule has 4 heteroatoms. The van der Waals surface area contributed by atoms with E-state index in [2.05, 4.69) is 34.1 Å². The number of fused-ring (bicyclic) bond motifs is 1. The number of hydrogen-bond donors (Lipinski definition) is 1. The number of hydrogen-bond acceptors (Lipinski definition) is 2. The van der Waals surface area contributed by atoms with E-state index in [1.807, 2.05) is 54.6 Å². The minimum atomic E-state index is -0.803. The van der Waals surface area contributed by atoms with E-state index in [-0.39, 0.29) is 18.4 Å². The molecule has 3 nitrogen and oxygen atoms in total. The van der Waals surface area contributed by atoms with Crippen LogP contribution in [0.3, 0.4) is 0 Å². The number of carboxylic acid groups (broad SMARTS) is 1. The monoisotopic (exact) mass is 436 g/mol. The third-order valence-electron chi connectivity index (χ3n) is 5.27. The van der Waals surface area contributed by atoms with Gasteiger partial charge in [0.1, 0.15) is 11.9 Å². The van der Waals surface area contributed by atoms with Crippen molar-refractivity contribution in [3.63, 3.8) is 0 Å². The first-order valence-electron chi connectivity index (χ1n) is 9.42. The van der Waals surface area contributed by atoms with Crippen molar-refractivity contribution in [2.45, 2.75) is 31.3 Å². The Kier molecular flexibility index (Phi) is 5.49. The van der Waals surface area contributed by atoms with Crippen LogP contribution in [-0.2, 0) is 11.2 Å². The molecule has 0 saturated carbocycles. The quantitative estimate of drug-likeness (QED) is 0.505. The fourth-order valence-corrected chi connectivity index (χ4v) is 4.31. The highest BCUT2D eigenvalue weighted by Gasteiger charge is 2.24. The highest BCUT2D eigenvalue weighted by Crippen LogP contribution is 2.37. The molecule has 0 aliphatic heterocycles. The normalized spacial score (nSPS) is 16.4. The summed E-state index contributed by atoms with van der Waals surface area (Å²) in [7, 11) is 0. The van der Waals surface area contributed by atoms with E-state index >= 15 is 0 Å². The van der Waals surface area contributed by atoms with Crippen LogP contribution < -0.4 is 4.74 Å². The Morgan fingerprint density at radius 2 is 1.75 bits per heavy atom. The van der Waals surface area contributed by atoms with Crippen LogP contribution >= 0.6 is 15.9 Å². The number of carbonyl (C=O) groups is 1. The molecule has 142 valence electrons. The molecule has 3 aromatic carbocycles. The molecule has 0 bridgehead atoms. The van der Waals surface area contributed by atoms with Crippen LogP contribution in [0.5, 0.6) is 5.75 Å². The molecule has 0 radical (unpaired) electrons. The Morgan fingerprint density at radius 1 is 1.04 bits per heavy atom. The summed E-state index contributed by atoms with van der Waals surface area (Å²) >= 11 is 3.53. The number of ether oxygens (including phenoxy) is 1. The highest BCUT2D eigenvalue weighted by molar-refractivity contribution is 9.10. The fourth-order valence-electron chi connectivity index (χ4n) is 3.90. The topological polar surface area (TPSA) is 46.5 Å². The highest BCUT2D eigenvalue weighted by atomic mass is 79.9. The third kappa shape index (κ3) is 4.12. The zero-order chi connectivity index (χ0) is 19.5. The molecule has 3 aromatic rings. The summed E-state index contributed by atoms with van der Waals surface area (Å²) in [4.78, 5) is 11.4. The number of aliphatic carboxylic acids is 1. The van der Waals surface area contributed by atoms with Gasteiger partial charge in [0.05, 0.1) is 6.42 Å². The van der Waals surface area contributed by atoms with Crippen molar-refractivity contribution in [2.75, 3.05) is 0 Å². The first-order valence-corrected chi connectivity index (χ1v) is 10.2. The Balaban J connectivity index is 1.53. The Bertz CT molecular complexity index is 967. The van der Waals surface area contributed by atoms with Crippen molar-refractivity contribution < 1.29 is 14.6 Å². The first-order chi connectivity index (χ1) is 13.6. The molecular formula is C24H21BrO3. The van der Waals surface area contributed by atoms with E-state index in [4.69, 9.17) is 4.74 Å². The van der Waals surface area contributed by atoms with Crippen LogP contribution in [0.15, 0.2) is 77.3 Å². The van der Waals surface area contributed by atoms with Gasteiger partial charge in [0.15, 0.2) is 0 Å². The zero-order valence-electron chi connectivity index (χ0n) is 15.3. The number of carboxylic acids is 1. The standard InChI is InChI=1S/C24H21BrO3/c25-19-9-12-21-18(14-19)8-13-23(21)28-20-10-6-17(7-11-20)22(15-24(26)27)16-4-2-1-3-5-16/h1-7,9-12,14,22-23H,8,13,15H2,(H,26,27). The van der Waals surface area contributed by atoms with E-state index in [1.54, 1.807) is 0 Å². The van der Waals surface area contributed by atoms with E-state index in [1.165, 1.54) is 11.1 Å². The molecule has 0 fully saturated rings. The predicted molar refractivity (Wildman–Crippen MR) is 113 cm³/mol. The summed E-state index contributed by atoms with van der Waals surface area (Å²) in [6.07, 6.45) is 2.12. The smallest absolute Gasteiger partial charge is 0.304 e. The van der Waals surface area contributed by atoms with Crippen LogP contribution in [-0.4, -0.2) is 11.1 Å². The summed E-state index contributed by atoms with van der Waals surface area (Å²) in [5.41, 5.74) is 4.58. The van der Waals surface area contributed by atoms with E-state index < -0.39 is 5.97 Å². The van der Waals surface area contributed by atoms with Gasteiger partial charge < -0.3 is 9.84 Å². The van der Waals surface area contributed by atoms with Gasteiger partial charge in [0, 0.05) is 10.4 Å². The van der Waals surface area contributed by atoms with Crippen molar-refractivity contribution in [3.8, 4) is 5.75 Å². The number of aryl methyl sites for hydroxylation is 1.